The first-order chi connectivity index (χ1) is 7.34. The Labute approximate surface area is 89.4 Å². The van der Waals surface area contributed by atoms with Crippen molar-refractivity contribution in [3.05, 3.63) is 71.2 Å². The van der Waals surface area contributed by atoms with Crippen LogP contribution in [0.2, 0.25) is 0 Å². The van der Waals surface area contributed by atoms with Gasteiger partial charge in [-0.2, -0.15) is 4.73 Å². The van der Waals surface area contributed by atoms with Crippen molar-refractivity contribution < 1.29 is 4.73 Å². The molecule has 0 saturated heterocycles. The van der Waals surface area contributed by atoms with Gasteiger partial charge in [0.1, 0.15) is 0 Å². The zero-order valence-corrected chi connectivity index (χ0v) is 8.47. The molecule has 2 rings (SSSR count). The highest BCUT2D eigenvalue weighted by molar-refractivity contribution is 5.17. The summed E-state index contributed by atoms with van der Waals surface area (Å²) in [6.45, 7) is 0. The van der Waals surface area contributed by atoms with E-state index in [1.165, 1.54) is 11.8 Å². The van der Waals surface area contributed by atoms with Crippen molar-refractivity contribution in [3.63, 3.8) is 0 Å². The second-order valence-corrected chi connectivity index (χ2v) is 3.56. The summed E-state index contributed by atoms with van der Waals surface area (Å²) >= 11 is 0. The monoisotopic (exact) mass is 199 g/mol. The SMILES string of the molecule is [O-][n+]1cccc(CCc2ccccc2)c1. The molecule has 2 aromatic rings. The van der Waals surface area contributed by atoms with Crippen LogP contribution in [0.25, 0.3) is 0 Å². The van der Waals surface area contributed by atoms with E-state index in [2.05, 4.69) is 12.1 Å². The van der Waals surface area contributed by atoms with E-state index in [0.717, 1.165) is 23.1 Å². The van der Waals surface area contributed by atoms with Crippen molar-refractivity contribution in [2.75, 3.05) is 0 Å². The van der Waals surface area contributed by atoms with Crippen LogP contribution in [0, 0.1) is 5.21 Å². The molecule has 0 fully saturated rings. The van der Waals surface area contributed by atoms with Crippen molar-refractivity contribution in [3.8, 4) is 0 Å². The Morgan fingerprint density at radius 2 is 1.53 bits per heavy atom. The molecule has 76 valence electrons. The van der Waals surface area contributed by atoms with Gasteiger partial charge in [-0.05, 0) is 24.5 Å². The number of aromatic nitrogens is 1. The van der Waals surface area contributed by atoms with E-state index in [1.54, 1.807) is 12.3 Å². The zero-order valence-electron chi connectivity index (χ0n) is 8.47. The third kappa shape index (κ3) is 2.81. The van der Waals surface area contributed by atoms with Gasteiger partial charge < -0.3 is 5.21 Å². The smallest absolute Gasteiger partial charge is 0.183 e. The van der Waals surface area contributed by atoms with Crippen molar-refractivity contribution >= 4 is 0 Å². The van der Waals surface area contributed by atoms with E-state index in [4.69, 9.17) is 0 Å². The maximum Gasteiger partial charge on any atom is 0.183 e. The first kappa shape index (κ1) is 9.71. The molecule has 0 aliphatic heterocycles. The molecular formula is C13H13NO. The highest BCUT2D eigenvalue weighted by atomic mass is 16.5. The van der Waals surface area contributed by atoms with E-state index in [-0.39, 0.29) is 0 Å². The molecule has 0 saturated carbocycles. The average molecular weight is 199 g/mol. The molecule has 2 nitrogen and oxygen atoms in total. The number of benzene rings is 1. The zero-order chi connectivity index (χ0) is 10.5. The normalized spacial score (nSPS) is 10.1. The van der Waals surface area contributed by atoms with Gasteiger partial charge in [0.25, 0.3) is 0 Å². The van der Waals surface area contributed by atoms with Gasteiger partial charge in [0.2, 0.25) is 0 Å². The molecule has 1 aromatic heterocycles. The molecule has 0 aliphatic rings. The Balaban J connectivity index is 1.99. The van der Waals surface area contributed by atoms with E-state index < -0.39 is 0 Å². The van der Waals surface area contributed by atoms with Gasteiger partial charge in [0, 0.05) is 11.6 Å². The van der Waals surface area contributed by atoms with Crippen molar-refractivity contribution in [1.29, 1.82) is 0 Å². The second-order valence-electron chi connectivity index (χ2n) is 3.56. The van der Waals surface area contributed by atoms with E-state index in [9.17, 15) is 5.21 Å². The summed E-state index contributed by atoms with van der Waals surface area (Å²) in [4.78, 5) is 0. The Morgan fingerprint density at radius 1 is 0.867 bits per heavy atom. The number of pyridine rings is 1. The quantitative estimate of drug-likeness (QED) is 0.549. The van der Waals surface area contributed by atoms with E-state index in [0.29, 0.717) is 0 Å². The minimum absolute atomic E-state index is 0.848. The lowest BCUT2D eigenvalue weighted by Gasteiger charge is -2.01. The van der Waals surface area contributed by atoms with Gasteiger partial charge in [0.05, 0.1) is 0 Å². The largest absolute Gasteiger partial charge is 0.619 e. The summed E-state index contributed by atoms with van der Waals surface area (Å²) in [7, 11) is 0. The average Bonchev–Trinajstić information content (AvgIpc) is 2.28. The standard InChI is InChI=1S/C13H13NO/c15-14-10-4-7-13(11-14)9-8-12-5-2-1-3-6-12/h1-7,10-11H,8-9H2. The summed E-state index contributed by atoms with van der Waals surface area (Å²) in [5.74, 6) is 0. The third-order valence-electron chi connectivity index (χ3n) is 2.38. The Hall–Kier alpha value is -1.83. The van der Waals surface area contributed by atoms with Gasteiger partial charge in [-0.3, -0.25) is 0 Å². The molecule has 0 aliphatic carbocycles. The van der Waals surface area contributed by atoms with Crippen LogP contribution in [0.15, 0.2) is 54.9 Å². The Bertz CT molecular complexity index is 426. The fourth-order valence-corrected chi connectivity index (χ4v) is 1.58. The maximum atomic E-state index is 11.0. The summed E-state index contributed by atoms with van der Waals surface area (Å²) in [6, 6.07) is 14.1. The molecule has 0 amide bonds. The minimum atomic E-state index is 0.848. The van der Waals surface area contributed by atoms with Crippen LogP contribution in [-0.2, 0) is 12.8 Å². The molecule has 0 atom stereocenters. The van der Waals surface area contributed by atoms with Gasteiger partial charge >= 0.3 is 0 Å². The van der Waals surface area contributed by atoms with Crippen LogP contribution >= 0.6 is 0 Å². The van der Waals surface area contributed by atoms with Crippen LogP contribution < -0.4 is 4.73 Å². The van der Waals surface area contributed by atoms with Crippen LogP contribution in [0.5, 0.6) is 0 Å². The Morgan fingerprint density at radius 3 is 2.27 bits per heavy atom. The van der Waals surface area contributed by atoms with E-state index in [1.807, 2.05) is 24.3 Å². The molecule has 1 aromatic carbocycles. The molecule has 1 heterocycles. The number of rotatable bonds is 3. The fraction of sp³-hybridized carbons (Fsp3) is 0.154. The Kier molecular flexibility index (Phi) is 2.98. The minimum Gasteiger partial charge on any atom is -0.619 e. The molecular weight excluding hydrogens is 186 g/mol. The highest BCUT2D eigenvalue weighted by Crippen LogP contribution is 2.04. The van der Waals surface area contributed by atoms with Gasteiger partial charge in [-0.15, -0.1) is 0 Å². The lowest BCUT2D eigenvalue weighted by atomic mass is 10.1. The number of nitrogens with zero attached hydrogens (tertiary/aromatic N) is 1. The molecule has 15 heavy (non-hydrogen) atoms. The third-order valence-corrected chi connectivity index (χ3v) is 2.38. The predicted octanol–water partition coefficient (Wildman–Crippen LogP) is 2.11. The van der Waals surface area contributed by atoms with Crippen molar-refractivity contribution in [1.82, 2.24) is 0 Å². The highest BCUT2D eigenvalue weighted by Gasteiger charge is 1.98. The first-order valence-corrected chi connectivity index (χ1v) is 5.06. The second kappa shape index (κ2) is 4.60. The maximum absolute atomic E-state index is 11.0. The predicted molar refractivity (Wildman–Crippen MR) is 59.3 cm³/mol. The lowest BCUT2D eigenvalue weighted by molar-refractivity contribution is -0.605. The summed E-state index contributed by atoms with van der Waals surface area (Å²) in [5, 5.41) is 11.0. The topological polar surface area (TPSA) is 26.9 Å². The molecule has 0 unspecified atom stereocenters. The molecule has 2 heteroatoms. The molecule has 0 spiro atoms. The van der Waals surface area contributed by atoms with Crippen LogP contribution in [0.4, 0.5) is 0 Å². The van der Waals surface area contributed by atoms with Gasteiger partial charge in [-0.25, -0.2) is 0 Å². The molecule has 0 bridgehead atoms. The van der Waals surface area contributed by atoms with Crippen LogP contribution in [-0.4, -0.2) is 0 Å². The number of hydrogen-bond acceptors (Lipinski definition) is 1. The first-order valence-electron chi connectivity index (χ1n) is 5.06. The van der Waals surface area contributed by atoms with E-state index >= 15 is 0 Å². The van der Waals surface area contributed by atoms with Crippen LogP contribution in [0.1, 0.15) is 11.1 Å². The van der Waals surface area contributed by atoms with Crippen molar-refractivity contribution in [2.24, 2.45) is 0 Å². The van der Waals surface area contributed by atoms with Crippen molar-refractivity contribution in [2.45, 2.75) is 12.8 Å². The lowest BCUT2D eigenvalue weighted by Crippen LogP contribution is -2.24. The summed E-state index contributed by atoms with van der Waals surface area (Å²) in [6.07, 6.45) is 5.02. The van der Waals surface area contributed by atoms with Gasteiger partial charge in [0.15, 0.2) is 12.4 Å². The number of aryl methyl sites for hydroxylation is 2. The van der Waals surface area contributed by atoms with Gasteiger partial charge in [-0.1, -0.05) is 30.3 Å². The molecule has 0 radical (unpaired) electrons. The molecule has 0 N–H and O–H groups in total. The summed E-state index contributed by atoms with van der Waals surface area (Å²) < 4.78 is 0.848. The fourth-order valence-electron chi connectivity index (χ4n) is 1.58. The number of hydrogen-bond donors (Lipinski definition) is 0. The van der Waals surface area contributed by atoms with Crippen LogP contribution in [0.3, 0.4) is 0 Å². The summed E-state index contributed by atoms with van der Waals surface area (Å²) in [5.41, 5.74) is 2.38.